The summed E-state index contributed by atoms with van der Waals surface area (Å²) in [6.07, 6.45) is 7.66. The van der Waals surface area contributed by atoms with Gasteiger partial charge in [-0.1, -0.05) is 6.08 Å². The SMILES string of the molecule is COc1cc2ncc(C#N)c(Nc3ccc(Oc4ccn5ncnc5c4)cc3F)c2cc1NC(=O)/C=C/CN(C)C. The van der Waals surface area contributed by atoms with Gasteiger partial charge >= 0.3 is 0 Å². The maximum atomic E-state index is 15.3. The van der Waals surface area contributed by atoms with Gasteiger partial charge < -0.3 is 25.0 Å². The number of fused-ring (bicyclic) bond motifs is 2. The van der Waals surface area contributed by atoms with Crippen LogP contribution in [0.5, 0.6) is 17.2 Å². The molecule has 0 saturated heterocycles. The van der Waals surface area contributed by atoms with Gasteiger partial charge in [-0.3, -0.25) is 9.78 Å². The van der Waals surface area contributed by atoms with Gasteiger partial charge in [0.2, 0.25) is 5.91 Å². The Bertz CT molecular complexity index is 1830. The van der Waals surface area contributed by atoms with Crippen molar-refractivity contribution in [2.24, 2.45) is 0 Å². The van der Waals surface area contributed by atoms with Crippen molar-refractivity contribution >= 4 is 39.5 Å². The topological polar surface area (TPSA) is 130 Å². The van der Waals surface area contributed by atoms with Crippen LogP contribution in [0.4, 0.5) is 21.5 Å². The molecule has 2 aromatic carbocycles. The van der Waals surface area contributed by atoms with Crippen molar-refractivity contribution in [2.75, 3.05) is 38.4 Å². The summed E-state index contributed by atoms with van der Waals surface area (Å²) in [6.45, 7) is 0.596. The van der Waals surface area contributed by atoms with Gasteiger partial charge in [0.15, 0.2) is 5.65 Å². The predicted octanol–water partition coefficient (Wildman–Crippen LogP) is 4.89. The van der Waals surface area contributed by atoms with Crippen molar-refractivity contribution in [3.63, 3.8) is 0 Å². The number of halogens is 1. The molecule has 0 radical (unpaired) electrons. The smallest absolute Gasteiger partial charge is 0.248 e. The molecular formula is C29H25FN8O3. The summed E-state index contributed by atoms with van der Waals surface area (Å²) in [6, 6.07) is 13.1. The molecule has 0 atom stereocenters. The monoisotopic (exact) mass is 552 g/mol. The molecule has 0 fully saturated rings. The Morgan fingerprint density at radius 1 is 1.15 bits per heavy atom. The first-order valence-electron chi connectivity index (χ1n) is 12.4. The van der Waals surface area contributed by atoms with Crippen molar-refractivity contribution in [1.82, 2.24) is 24.5 Å². The van der Waals surface area contributed by atoms with Gasteiger partial charge in [0.1, 0.15) is 35.5 Å². The molecule has 11 nitrogen and oxygen atoms in total. The number of nitrogens with zero attached hydrogens (tertiary/aromatic N) is 6. The summed E-state index contributed by atoms with van der Waals surface area (Å²) in [7, 11) is 5.27. The number of rotatable bonds is 9. The molecule has 3 heterocycles. The third-order valence-corrected chi connectivity index (χ3v) is 6.00. The molecule has 206 valence electrons. The van der Waals surface area contributed by atoms with E-state index >= 15 is 4.39 Å². The van der Waals surface area contributed by atoms with E-state index in [1.54, 1.807) is 47.1 Å². The normalized spacial score (nSPS) is 11.2. The van der Waals surface area contributed by atoms with E-state index in [4.69, 9.17) is 9.47 Å². The molecule has 0 bridgehead atoms. The third-order valence-electron chi connectivity index (χ3n) is 6.00. The number of methoxy groups -OCH3 is 1. The van der Waals surface area contributed by atoms with Gasteiger partial charge in [-0.15, -0.1) is 0 Å². The zero-order chi connectivity index (χ0) is 28.9. The van der Waals surface area contributed by atoms with Crippen LogP contribution in [0, 0.1) is 17.1 Å². The lowest BCUT2D eigenvalue weighted by Gasteiger charge is -2.16. The van der Waals surface area contributed by atoms with Crippen LogP contribution >= 0.6 is 0 Å². The van der Waals surface area contributed by atoms with E-state index in [1.807, 2.05) is 19.0 Å². The highest BCUT2D eigenvalue weighted by Gasteiger charge is 2.16. The number of likely N-dealkylation sites (N-methyl/N-ethyl adjacent to an activating group) is 1. The number of benzene rings is 2. The summed E-state index contributed by atoms with van der Waals surface area (Å²) in [4.78, 5) is 22.9. The fourth-order valence-electron chi connectivity index (χ4n) is 4.04. The van der Waals surface area contributed by atoms with Gasteiger partial charge in [0.25, 0.3) is 0 Å². The van der Waals surface area contributed by atoms with Crippen LogP contribution in [-0.2, 0) is 4.79 Å². The Morgan fingerprint density at radius 2 is 1.98 bits per heavy atom. The van der Waals surface area contributed by atoms with Gasteiger partial charge in [0, 0.05) is 48.6 Å². The van der Waals surface area contributed by atoms with Crippen molar-refractivity contribution in [2.45, 2.75) is 0 Å². The second kappa shape index (κ2) is 11.7. The van der Waals surface area contributed by atoms with E-state index in [0.717, 1.165) is 0 Å². The molecule has 0 aliphatic carbocycles. The highest BCUT2D eigenvalue weighted by atomic mass is 19.1. The molecule has 0 unspecified atom stereocenters. The Labute approximate surface area is 234 Å². The molecule has 12 heteroatoms. The zero-order valence-corrected chi connectivity index (χ0v) is 22.4. The average Bonchev–Trinajstić information content (AvgIpc) is 3.42. The number of nitrogens with one attached hydrogen (secondary N) is 2. The Balaban J connectivity index is 1.45. The number of carbonyl (C=O) groups excluding carboxylic acids is 1. The lowest BCUT2D eigenvalue weighted by Crippen LogP contribution is -2.13. The molecule has 5 aromatic rings. The molecule has 2 N–H and O–H groups in total. The van der Waals surface area contributed by atoms with Gasteiger partial charge in [-0.2, -0.15) is 10.4 Å². The second-order valence-corrected chi connectivity index (χ2v) is 9.18. The largest absolute Gasteiger partial charge is 0.494 e. The summed E-state index contributed by atoms with van der Waals surface area (Å²) < 4.78 is 28.1. The van der Waals surface area contributed by atoms with Crippen molar-refractivity contribution in [3.05, 3.63) is 84.7 Å². The fraction of sp³-hybridized carbons (Fsp3) is 0.138. The Morgan fingerprint density at radius 3 is 2.73 bits per heavy atom. The third kappa shape index (κ3) is 6.05. The highest BCUT2D eigenvalue weighted by Crippen LogP contribution is 2.37. The number of hydrogen-bond acceptors (Lipinski definition) is 9. The van der Waals surface area contributed by atoms with Crippen LogP contribution in [0.2, 0.25) is 0 Å². The molecule has 0 spiro atoms. The first-order chi connectivity index (χ1) is 19.8. The molecule has 0 aliphatic rings. The highest BCUT2D eigenvalue weighted by molar-refractivity contribution is 6.04. The quantitative estimate of drug-likeness (QED) is 0.246. The average molecular weight is 553 g/mol. The number of amides is 1. The standard InChI is InChI=1S/C29H25FN8O3/c1-37(2)9-4-5-28(39)35-25-13-21-24(14-26(25)40-3)32-16-18(15-31)29(21)36-23-7-6-19(11-22(23)30)41-20-8-10-38-27(12-20)33-17-34-38/h4-8,10-14,16-17H,9H2,1-3H3,(H,32,36)(H,35,39)/b5-4+. The van der Waals surface area contributed by atoms with Gasteiger partial charge in [-0.25, -0.2) is 13.9 Å². The maximum absolute atomic E-state index is 15.3. The number of pyridine rings is 2. The molecule has 5 rings (SSSR count). The summed E-state index contributed by atoms with van der Waals surface area (Å²) in [5.74, 6) is 0.167. The van der Waals surface area contributed by atoms with Crippen LogP contribution in [-0.4, -0.2) is 58.1 Å². The van der Waals surface area contributed by atoms with Gasteiger partial charge in [0.05, 0.1) is 35.3 Å². The fourth-order valence-corrected chi connectivity index (χ4v) is 4.04. The lowest BCUT2D eigenvalue weighted by atomic mass is 10.1. The molecule has 0 aliphatic heterocycles. The Kier molecular flexibility index (Phi) is 7.71. The number of aromatic nitrogens is 4. The second-order valence-electron chi connectivity index (χ2n) is 9.18. The van der Waals surface area contributed by atoms with E-state index in [0.29, 0.717) is 46.0 Å². The summed E-state index contributed by atoms with van der Waals surface area (Å²) >= 11 is 0. The molecule has 0 saturated carbocycles. The van der Waals surface area contributed by atoms with Crippen LogP contribution in [0.3, 0.4) is 0 Å². The first-order valence-corrected chi connectivity index (χ1v) is 12.4. The zero-order valence-electron chi connectivity index (χ0n) is 22.4. The summed E-state index contributed by atoms with van der Waals surface area (Å²) in [5, 5.41) is 20.1. The van der Waals surface area contributed by atoms with Crippen LogP contribution < -0.4 is 20.1 Å². The number of nitriles is 1. The minimum atomic E-state index is -0.604. The lowest BCUT2D eigenvalue weighted by molar-refractivity contribution is -0.111. The number of ether oxygens (including phenoxy) is 2. The number of carbonyl (C=O) groups is 1. The van der Waals surface area contributed by atoms with E-state index < -0.39 is 5.82 Å². The molecular weight excluding hydrogens is 527 g/mol. The minimum Gasteiger partial charge on any atom is -0.494 e. The van der Waals surface area contributed by atoms with E-state index in [2.05, 4.69) is 31.8 Å². The maximum Gasteiger partial charge on any atom is 0.248 e. The summed E-state index contributed by atoms with van der Waals surface area (Å²) in [5.41, 5.74) is 2.06. The van der Waals surface area contributed by atoms with Crippen molar-refractivity contribution in [1.29, 1.82) is 5.26 Å². The number of hydrogen-bond donors (Lipinski definition) is 2. The Hall–Kier alpha value is -5.54. The van der Waals surface area contributed by atoms with Gasteiger partial charge in [-0.05, 0) is 38.4 Å². The predicted molar refractivity (Wildman–Crippen MR) is 152 cm³/mol. The molecule has 1 amide bonds. The molecule has 41 heavy (non-hydrogen) atoms. The van der Waals surface area contributed by atoms with Crippen molar-refractivity contribution < 1.29 is 18.7 Å². The minimum absolute atomic E-state index is 0.113. The van der Waals surface area contributed by atoms with E-state index in [-0.39, 0.29) is 22.9 Å². The van der Waals surface area contributed by atoms with E-state index in [1.165, 1.54) is 37.8 Å². The van der Waals surface area contributed by atoms with Crippen molar-refractivity contribution in [3.8, 4) is 23.3 Å². The van der Waals surface area contributed by atoms with Crippen LogP contribution in [0.25, 0.3) is 16.6 Å². The first kappa shape index (κ1) is 27.0. The number of anilines is 3. The molecule has 3 aromatic heterocycles. The van der Waals surface area contributed by atoms with Crippen LogP contribution in [0.1, 0.15) is 5.56 Å². The van der Waals surface area contributed by atoms with E-state index in [9.17, 15) is 10.1 Å². The van der Waals surface area contributed by atoms with Crippen LogP contribution in [0.15, 0.2) is 73.3 Å².